The maximum Gasteiger partial charge on any atom is 0.227 e. The number of hydrogen-bond donors (Lipinski definition) is 2. The lowest BCUT2D eigenvalue weighted by molar-refractivity contribution is -0.123. The number of hydrogen-bond acceptors (Lipinski definition) is 2. The van der Waals surface area contributed by atoms with Crippen molar-refractivity contribution in [1.29, 1.82) is 0 Å². The fraction of sp³-hybridized carbons (Fsp3) is 0.364. The molecule has 2 aromatic carbocycles. The van der Waals surface area contributed by atoms with Crippen molar-refractivity contribution in [1.82, 2.24) is 5.32 Å². The molecule has 4 nitrogen and oxygen atoms in total. The van der Waals surface area contributed by atoms with E-state index in [1.807, 2.05) is 68.4 Å². The minimum Gasteiger partial charge on any atom is -0.351 e. The summed E-state index contributed by atoms with van der Waals surface area (Å²) in [5, 5.41) is 5.90. The van der Waals surface area contributed by atoms with E-state index in [4.69, 9.17) is 0 Å². The first kappa shape index (κ1) is 19.7. The Kier molecular flexibility index (Phi) is 7.39. The third-order valence-corrected chi connectivity index (χ3v) is 4.31. The number of nitrogens with one attached hydrogen (secondary N) is 2. The Hall–Kier alpha value is -2.62. The van der Waals surface area contributed by atoms with E-state index in [-0.39, 0.29) is 23.7 Å². The van der Waals surface area contributed by atoms with Gasteiger partial charge in [-0.1, -0.05) is 69.7 Å². The molecule has 1 unspecified atom stereocenters. The first-order valence-electron chi connectivity index (χ1n) is 9.23. The van der Waals surface area contributed by atoms with E-state index in [1.165, 1.54) is 0 Å². The maximum atomic E-state index is 12.6. The molecule has 0 saturated carbocycles. The van der Waals surface area contributed by atoms with E-state index in [1.54, 1.807) is 0 Å². The number of carbonyl (C=O) groups is 2. The molecule has 0 aliphatic carbocycles. The van der Waals surface area contributed by atoms with Gasteiger partial charge in [-0.3, -0.25) is 9.59 Å². The van der Waals surface area contributed by atoms with Gasteiger partial charge >= 0.3 is 0 Å². The summed E-state index contributed by atoms with van der Waals surface area (Å²) in [4.78, 5) is 24.3. The van der Waals surface area contributed by atoms with Crippen molar-refractivity contribution in [3.05, 3.63) is 65.7 Å². The summed E-state index contributed by atoms with van der Waals surface area (Å²) in [7, 11) is 0. The fourth-order valence-electron chi connectivity index (χ4n) is 2.73. The van der Waals surface area contributed by atoms with Gasteiger partial charge in [0.25, 0.3) is 0 Å². The molecule has 0 bridgehead atoms. The zero-order chi connectivity index (χ0) is 18.9. The van der Waals surface area contributed by atoms with Gasteiger partial charge in [0, 0.05) is 18.2 Å². The van der Waals surface area contributed by atoms with Crippen LogP contribution in [0.4, 0.5) is 5.69 Å². The van der Waals surface area contributed by atoms with Crippen LogP contribution in [0.5, 0.6) is 0 Å². The van der Waals surface area contributed by atoms with Crippen molar-refractivity contribution in [2.45, 2.75) is 46.1 Å². The van der Waals surface area contributed by atoms with Crippen molar-refractivity contribution >= 4 is 17.5 Å². The molecule has 2 amide bonds. The van der Waals surface area contributed by atoms with Crippen molar-refractivity contribution in [2.24, 2.45) is 5.92 Å². The van der Waals surface area contributed by atoms with Gasteiger partial charge < -0.3 is 10.6 Å². The van der Waals surface area contributed by atoms with Gasteiger partial charge in [0.05, 0.1) is 5.92 Å². The minimum atomic E-state index is -0.120. The smallest absolute Gasteiger partial charge is 0.227 e. The van der Waals surface area contributed by atoms with Crippen molar-refractivity contribution in [3.63, 3.8) is 0 Å². The largest absolute Gasteiger partial charge is 0.351 e. The first-order chi connectivity index (χ1) is 12.5. The monoisotopic (exact) mass is 352 g/mol. The molecule has 0 heterocycles. The Labute approximate surface area is 156 Å². The van der Waals surface area contributed by atoms with E-state index < -0.39 is 0 Å². The summed E-state index contributed by atoms with van der Waals surface area (Å²) in [6.45, 7) is 6.29. The Morgan fingerprint density at radius 2 is 1.58 bits per heavy atom. The summed E-state index contributed by atoms with van der Waals surface area (Å²) in [6, 6.07) is 17.5. The van der Waals surface area contributed by atoms with Crippen LogP contribution in [0.2, 0.25) is 0 Å². The molecule has 0 radical (unpaired) electrons. The van der Waals surface area contributed by atoms with Crippen molar-refractivity contribution in [2.75, 3.05) is 5.32 Å². The molecular weight excluding hydrogens is 324 g/mol. The van der Waals surface area contributed by atoms with Gasteiger partial charge in [-0.2, -0.15) is 0 Å². The predicted octanol–water partition coefficient (Wildman–Crippen LogP) is 4.48. The van der Waals surface area contributed by atoms with Crippen LogP contribution in [0.1, 0.15) is 50.7 Å². The second-order valence-electron chi connectivity index (χ2n) is 6.81. The molecule has 0 aromatic heterocycles. The average molecular weight is 352 g/mol. The van der Waals surface area contributed by atoms with Crippen LogP contribution in [0.15, 0.2) is 54.6 Å². The number of amides is 2. The van der Waals surface area contributed by atoms with Crippen molar-refractivity contribution < 1.29 is 9.59 Å². The van der Waals surface area contributed by atoms with Crippen LogP contribution in [0, 0.1) is 5.92 Å². The second-order valence-corrected chi connectivity index (χ2v) is 6.81. The summed E-state index contributed by atoms with van der Waals surface area (Å²) in [5.41, 5.74) is 2.83. The van der Waals surface area contributed by atoms with E-state index >= 15 is 0 Å². The van der Waals surface area contributed by atoms with E-state index in [2.05, 4.69) is 17.6 Å². The van der Waals surface area contributed by atoms with Crippen LogP contribution in [-0.4, -0.2) is 11.8 Å². The SMILES string of the molecule is CCCC(C(=O)NCc1ccc(NC(=O)C(C)C)cc1)c1ccccc1. The number of rotatable bonds is 8. The first-order valence-corrected chi connectivity index (χ1v) is 9.23. The highest BCUT2D eigenvalue weighted by Crippen LogP contribution is 2.21. The summed E-state index contributed by atoms with van der Waals surface area (Å²) in [6.07, 6.45) is 1.78. The fourth-order valence-corrected chi connectivity index (χ4v) is 2.73. The van der Waals surface area contributed by atoms with Gasteiger partial charge in [-0.15, -0.1) is 0 Å². The van der Waals surface area contributed by atoms with Gasteiger partial charge in [-0.25, -0.2) is 0 Å². The molecule has 0 aliphatic heterocycles. The number of anilines is 1. The standard InChI is InChI=1S/C22H28N2O2/c1-4-8-20(18-9-6-5-7-10-18)22(26)23-15-17-11-13-19(14-12-17)24-21(25)16(2)3/h5-7,9-14,16,20H,4,8,15H2,1-3H3,(H,23,26)(H,24,25). The lowest BCUT2D eigenvalue weighted by atomic mass is 9.93. The zero-order valence-electron chi connectivity index (χ0n) is 15.8. The molecule has 0 fully saturated rings. The van der Waals surface area contributed by atoms with Gasteiger partial charge in [0.15, 0.2) is 0 Å². The van der Waals surface area contributed by atoms with E-state index in [0.29, 0.717) is 6.54 Å². The Morgan fingerprint density at radius 1 is 0.923 bits per heavy atom. The molecule has 4 heteroatoms. The van der Waals surface area contributed by atoms with E-state index in [0.717, 1.165) is 29.7 Å². The average Bonchev–Trinajstić information content (AvgIpc) is 2.66. The lowest BCUT2D eigenvalue weighted by Gasteiger charge is -2.17. The highest BCUT2D eigenvalue weighted by Gasteiger charge is 2.19. The van der Waals surface area contributed by atoms with Crippen LogP contribution in [0.3, 0.4) is 0 Å². The van der Waals surface area contributed by atoms with Gasteiger partial charge in [0.2, 0.25) is 11.8 Å². The summed E-state index contributed by atoms with van der Waals surface area (Å²) < 4.78 is 0. The second kappa shape index (κ2) is 9.76. The van der Waals surface area contributed by atoms with Gasteiger partial charge in [-0.05, 0) is 29.7 Å². The zero-order valence-corrected chi connectivity index (χ0v) is 15.8. The lowest BCUT2D eigenvalue weighted by Crippen LogP contribution is -2.29. The molecule has 2 rings (SSSR count). The Bertz CT molecular complexity index is 709. The number of carbonyl (C=O) groups excluding carboxylic acids is 2. The molecule has 138 valence electrons. The molecule has 0 saturated heterocycles. The number of benzene rings is 2. The normalized spacial score (nSPS) is 11.8. The molecule has 1 atom stereocenters. The molecule has 0 spiro atoms. The van der Waals surface area contributed by atoms with Crippen LogP contribution in [-0.2, 0) is 16.1 Å². The van der Waals surface area contributed by atoms with Crippen molar-refractivity contribution in [3.8, 4) is 0 Å². The van der Waals surface area contributed by atoms with E-state index in [9.17, 15) is 9.59 Å². The molecule has 2 N–H and O–H groups in total. The third-order valence-electron chi connectivity index (χ3n) is 4.31. The molecule has 0 aliphatic rings. The predicted molar refractivity (Wildman–Crippen MR) is 106 cm³/mol. The Balaban J connectivity index is 1.94. The van der Waals surface area contributed by atoms with Gasteiger partial charge in [0.1, 0.15) is 0 Å². The summed E-state index contributed by atoms with van der Waals surface area (Å²) in [5.74, 6) is -0.125. The highest BCUT2D eigenvalue weighted by molar-refractivity contribution is 5.92. The highest BCUT2D eigenvalue weighted by atomic mass is 16.2. The molecular formula is C22H28N2O2. The van der Waals surface area contributed by atoms with Crippen LogP contribution >= 0.6 is 0 Å². The topological polar surface area (TPSA) is 58.2 Å². The molecule has 26 heavy (non-hydrogen) atoms. The quantitative estimate of drug-likeness (QED) is 0.736. The van der Waals surface area contributed by atoms with Crippen LogP contribution in [0.25, 0.3) is 0 Å². The summed E-state index contributed by atoms with van der Waals surface area (Å²) >= 11 is 0. The minimum absolute atomic E-state index is 0.00341. The van der Waals surface area contributed by atoms with Crippen LogP contribution < -0.4 is 10.6 Å². The third kappa shape index (κ3) is 5.73. The molecule has 2 aromatic rings. The maximum absolute atomic E-state index is 12.6. The Morgan fingerprint density at radius 3 is 2.15 bits per heavy atom.